The summed E-state index contributed by atoms with van der Waals surface area (Å²) in [7, 11) is -3.56. The van der Waals surface area contributed by atoms with E-state index < -0.39 is 10.0 Å². The lowest BCUT2D eigenvalue weighted by molar-refractivity contribution is -0.116. The van der Waals surface area contributed by atoms with Crippen LogP contribution in [0.3, 0.4) is 0 Å². The van der Waals surface area contributed by atoms with E-state index in [1.165, 1.54) is 6.07 Å². The Balaban J connectivity index is 2.08. The Labute approximate surface area is 141 Å². The third-order valence-electron chi connectivity index (χ3n) is 3.56. The molecule has 24 heavy (non-hydrogen) atoms. The largest absolute Gasteiger partial charge is 0.360 e. The van der Waals surface area contributed by atoms with Crippen LogP contribution in [-0.4, -0.2) is 32.3 Å². The van der Waals surface area contributed by atoms with Gasteiger partial charge in [-0.05, 0) is 31.9 Å². The van der Waals surface area contributed by atoms with E-state index in [9.17, 15) is 13.2 Å². The van der Waals surface area contributed by atoms with Gasteiger partial charge in [-0.2, -0.15) is 0 Å². The molecule has 0 aliphatic rings. The van der Waals surface area contributed by atoms with Crippen LogP contribution in [0, 0.1) is 20.8 Å². The van der Waals surface area contributed by atoms with Crippen molar-refractivity contribution in [1.29, 1.82) is 0 Å². The SMILES string of the molecule is Cc1cc(N(CCC(=O)Nc2c(C)cccc2C)S(C)(=O)=O)no1. The number of benzene rings is 1. The van der Waals surface area contributed by atoms with E-state index in [0.717, 1.165) is 27.4 Å². The number of anilines is 2. The molecule has 2 rings (SSSR count). The lowest BCUT2D eigenvalue weighted by Crippen LogP contribution is -2.33. The van der Waals surface area contributed by atoms with Gasteiger partial charge in [0.1, 0.15) is 5.76 Å². The van der Waals surface area contributed by atoms with Crippen molar-refractivity contribution in [3.05, 3.63) is 41.2 Å². The molecule has 7 nitrogen and oxygen atoms in total. The first-order chi connectivity index (χ1) is 11.2. The van der Waals surface area contributed by atoms with Gasteiger partial charge in [-0.15, -0.1) is 0 Å². The molecule has 1 aromatic heterocycles. The maximum Gasteiger partial charge on any atom is 0.233 e. The summed E-state index contributed by atoms with van der Waals surface area (Å²) in [5, 5.41) is 6.55. The maximum atomic E-state index is 12.2. The Kier molecular flexibility index (Phi) is 5.28. The summed E-state index contributed by atoms with van der Waals surface area (Å²) in [6, 6.07) is 7.25. The number of amides is 1. The Morgan fingerprint density at radius 1 is 1.25 bits per heavy atom. The van der Waals surface area contributed by atoms with Gasteiger partial charge in [0.05, 0.1) is 6.26 Å². The zero-order valence-corrected chi connectivity index (χ0v) is 15.0. The highest BCUT2D eigenvalue weighted by atomic mass is 32.2. The van der Waals surface area contributed by atoms with E-state index in [0.29, 0.717) is 5.76 Å². The summed E-state index contributed by atoms with van der Waals surface area (Å²) in [5.74, 6) is 0.412. The van der Waals surface area contributed by atoms with Gasteiger partial charge in [0, 0.05) is 24.7 Å². The number of carbonyl (C=O) groups is 1. The lowest BCUT2D eigenvalue weighted by atomic mass is 10.1. The van der Waals surface area contributed by atoms with E-state index in [1.54, 1.807) is 6.92 Å². The van der Waals surface area contributed by atoms with Gasteiger partial charge < -0.3 is 9.84 Å². The zero-order chi connectivity index (χ0) is 17.9. The van der Waals surface area contributed by atoms with Crippen molar-refractivity contribution in [3.63, 3.8) is 0 Å². The molecule has 2 aromatic rings. The molecule has 0 radical (unpaired) electrons. The number of rotatable bonds is 6. The molecule has 1 aromatic carbocycles. The molecule has 0 aliphatic heterocycles. The smallest absolute Gasteiger partial charge is 0.233 e. The molecule has 0 atom stereocenters. The van der Waals surface area contributed by atoms with Gasteiger partial charge >= 0.3 is 0 Å². The summed E-state index contributed by atoms with van der Waals surface area (Å²) >= 11 is 0. The summed E-state index contributed by atoms with van der Waals surface area (Å²) in [6.45, 7) is 5.47. The van der Waals surface area contributed by atoms with Gasteiger partial charge in [0.2, 0.25) is 15.9 Å². The third-order valence-corrected chi connectivity index (χ3v) is 4.73. The first kappa shape index (κ1) is 18.0. The van der Waals surface area contributed by atoms with Crippen molar-refractivity contribution in [2.24, 2.45) is 0 Å². The molecular formula is C16H21N3O4S. The zero-order valence-electron chi connectivity index (χ0n) is 14.2. The Morgan fingerprint density at radius 2 is 1.88 bits per heavy atom. The molecule has 0 aliphatic carbocycles. The minimum absolute atomic E-state index is 0.00670. The fraction of sp³-hybridized carbons (Fsp3) is 0.375. The van der Waals surface area contributed by atoms with Gasteiger partial charge in [-0.25, -0.2) is 8.42 Å². The molecule has 0 saturated carbocycles. The standard InChI is InChI=1S/C16H21N3O4S/c1-11-6-5-7-12(2)16(11)17-15(20)8-9-19(24(4,21)22)14-10-13(3)23-18-14/h5-7,10H,8-9H2,1-4H3,(H,17,20). The molecule has 0 bridgehead atoms. The van der Waals surface area contributed by atoms with E-state index in [-0.39, 0.29) is 24.7 Å². The number of hydrogen-bond donors (Lipinski definition) is 1. The normalized spacial score (nSPS) is 11.3. The fourth-order valence-corrected chi connectivity index (χ4v) is 3.19. The van der Waals surface area contributed by atoms with E-state index in [2.05, 4.69) is 10.5 Å². The average molecular weight is 351 g/mol. The van der Waals surface area contributed by atoms with Gasteiger partial charge in [0.15, 0.2) is 5.82 Å². The van der Waals surface area contributed by atoms with Crippen molar-refractivity contribution in [3.8, 4) is 0 Å². The second-order valence-electron chi connectivity index (χ2n) is 5.70. The number of sulfonamides is 1. The predicted molar refractivity (Wildman–Crippen MR) is 92.6 cm³/mol. The summed E-state index contributed by atoms with van der Waals surface area (Å²) in [5.41, 5.74) is 2.66. The first-order valence-electron chi connectivity index (χ1n) is 7.45. The van der Waals surface area contributed by atoms with Crippen molar-refractivity contribution in [2.45, 2.75) is 27.2 Å². The average Bonchev–Trinajstić information content (AvgIpc) is 2.88. The molecule has 8 heteroatoms. The molecule has 1 amide bonds. The van der Waals surface area contributed by atoms with Crippen LogP contribution in [-0.2, 0) is 14.8 Å². The predicted octanol–water partition coefficient (Wildman–Crippen LogP) is 2.39. The van der Waals surface area contributed by atoms with Crippen LogP contribution >= 0.6 is 0 Å². The van der Waals surface area contributed by atoms with Crippen LogP contribution in [0.2, 0.25) is 0 Å². The fourth-order valence-electron chi connectivity index (χ4n) is 2.34. The van der Waals surface area contributed by atoms with Crippen LogP contribution in [0.15, 0.2) is 28.8 Å². The minimum atomic E-state index is -3.56. The van der Waals surface area contributed by atoms with Crippen LogP contribution in [0.4, 0.5) is 11.5 Å². The second kappa shape index (κ2) is 7.04. The number of aromatic nitrogens is 1. The quantitative estimate of drug-likeness (QED) is 0.862. The van der Waals surface area contributed by atoms with Crippen molar-refractivity contribution in [1.82, 2.24) is 5.16 Å². The van der Waals surface area contributed by atoms with Crippen molar-refractivity contribution >= 4 is 27.4 Å². The molecule has 0 unspecified atom stereocenters. The highest BCUT2D eigenvalue weighted by Crippen LogP contribution is 2.20. The monoisotopic (exact) mass is 351 g/mol. The molecule has 0 saturated heterocycles. The topological polar surface area (TPSA) is 92.5 Å². The number of para-hydroxylation sites is 1. The number of carbonyl (C=O) groups excluding carboxylic acids is 1. The number of hydrogen-bond acceptors (Lipinski definition) is 5. The maximum absolute atomic E-state index is 12.2. The minimum Gasteiger partial charge on any atom is -0.360 e. The Morgan fingerprint density at radius 3 is 2.38 bits per heavy atom. The summed E-state index contributed by atoms with van der Waals surface area (Å²) in [4.78, 5) is 12.2. The van der Waals surface area contributed by atoms with E-state index in [4.69, 9.17) is 4.52 Å². The van der Waals surface area contributed by atoms with E-state index >= 15 is 0 Å². The van der Waals surface area contributed by atoms with Gasteiger partial charge in [-0.1, -0.05) is 23.4 Å². The molecule has 1 N–H and O–H groups in total. The number of aryl methyl sites for hydroxylation is 3. The van der Waals surface area contributed by atoms with Crippen LogP contribution < -0.4 is 9.62 Å². The summed E-state index contributed by atoms with van der Waals surface area (Å²) < 4.78 is 29.8. The Hall–Kier alpha value is -2.35. The van der Waals surface area contributed by atoms with Gasteiger partial charge in [0.25, 0.3) is 0 Å². The molecule has 1 heterocycles. The number of nitrogens with one attached hydrogen (secondary N) is 1. The first-order valence-corrected chi connectivity index (χ1v) is 9.30. The van der Waals surface area contributed by atoms with Crippen LogP contribution in [0.25, 0.3) is 0 Å². The molecular weight excluding hydrogens is 330 g/mol. The van der Waals surface area contributed by atoms with Crippen molar-refractivity contribution < 1.29 is 17.7 Å². The second-order valence-corrected chi connectivity index (χ2v) is 7.60. The molecule has 130 valence electrons. The van der Waals surface area contributed by atoms with Gasteiger partial charge in [-0.3, -0.25) is 9.10 Å². The lowest BCUT2D eigenvalue weighted by Gasteiger charge is -2.19. The summed E-state index contributed by atoms with van der Waals surface area (Å²) in [6.07, 6.45) is 1.08. The Bertz CT molecular complexity index is 823. The molecule has 0 spiro atoms. The van der Waals surface area contributed by atoms with Crippen LogP contribution in [0.1, 0.15) is 23.3 Å². The molecule has 0 fully saturated rings. The van der Waals surface area contributed by atoms with Crippen LogP contribution in [0.5, 0.6) is 0 Å². The highest BCUT2D eigenvalue weighted by molar-refractivity contribution is 7.92. The highest BCUT2D eigenvalue weighted by Gasteiger charge is 2.22. The van der Waals surface area contributed by atoms with E-state index in [1.807, 2.05) is 32.0 Å². The van der Waals surface area contributed by atoms with Crippen molar-refractivity contribution in [2.75, 3.05) is 22.4 Å². The number of nitrogens with zero attached hydrogens (tertiary/aromatic N) is 2. The third kappa shape index (κ3) is 4.35.